The molecule has 3 nitrogen and oxygen atoms in total. The molecule has 0 heterocycles. The van der Waals surface area contributed by atoms with E-state index in [1.807, 2.05) is 0 Å². The van der Waals surface area contributed by atoms with Crippen molar-refractivity contribution in [1.82, 2.24) is 0 Å². The van der Waals surface area contributed by atoms with Crippen LogP contribution in [0.1, 0.15) is 122 Å². The van der Waals surface area contributed by atoms with Gasteiger partial charge in [0.25, 0.3) is 0 Å². The Bertz CT molecular complexity index is 985. The van der Waals surface area contributed by atoms with Crippen molar-refractivity contribution in [2.24, 2.45) is 4.99 Å². The molecule has 4 heteroatoms. The van der Waals surface area contributed by atoms with E-state index in [1.54, 1.807) is 6.07 Å². The van der Waals surface area contributed by atoms with Gasteiger partial charge in [0, 0.05) is 12.6 Å². The first kappa shape index (κ1) is 32.7. The summed E-state index contributed by atoms with van der Waals surface area (Å²) in [5.74, 6) is 1.75. The van der Waals surface area contributed by atoms with E-state index in [9.17, 15) is 0 Å². The predicted molar refractivity (Wildman–Crippen MR) is 150 cm³/mol. The summed E-state index contributed by atoms with van der Waals surface area (Å²) in [7, 11) is 0. The molecule has 0 spiro atoms. The Morgan fingerprint density at radius 2 is 1.11 bits per heavy atom. The van der Waals surface area contributed by atoms with Gasteiger partial charge < -0.3 is 5.32 Å². The largest absolute Gasteiger partial charge is 1.00 e. The van der Waals surface area contributed by atoms with Gasteiger partial charge in [0.1, 0.15) is 0 Å². The summed E-state index contributed by atoms with van der Waals surface area (Å²) in [6.07, 6.45) is 2.11. The monoisotopic (exact) mass is 521 g/mol. The quantitative estimate of drug-likeness (QED) is 0.251. The molecule has 0 saturated carbocycles. The number of allylic oxidation sites excluding steroid dienone is 2. The Kier molecular flexibility index (Phi) is 14.6. The molecule has 0 aliphatic carbocycles. The molecule has 0 unspecified atom stereocenters. The summed E-state index contributed by atoms with van der Waals surface area (Å²) < 4.78 is 0. The molecule has 0 aromatic heterocycles. The summed E-state index contributed by atoms with van der Waals surface area (Å²) in [6.45, 7) is 23.5. The fourth-order valence-electron chi connectivity index (χ4n) is 4.00. The average molecular weight is 522 g/mol. The molecule has 0 bridgehead atoms. The standard InChI is InChI=1S/C29H41N2.C2H3N.Cu/c1-18(2)24-13-11-14-25(19(3)4)28(24)30-22(9)17-23(10)31-29-26(20(5)6)15-12-16-27(29)21(7)8;1-2-3;/h11-21H,1-10H3;1H3;/q-1;;+1/b22-17-,31-23?;;. The Labute approximate surface area is 225 Å². The summed E-state index contributed by atoms with van der Waals surface area (Å²) in [4.78, 5) is 5.08. The maximum atomic E-state index is 7.32. The minimum Gasteiger partial charge on any atom is -0.661 e. The van der Waals surface area contributed by atoms with Gasteiger partial charge in [-0.3, -0.25) is 4.99 Å². The van der Waals surface area contributed by atoms with Crippen LogP contribution in [0.25, 0.3) is 5.32 Å². The molecule has 35 heavy (non-hydrogen) atoms. The number of hydrogen-bond acceptors (Lipinski definition) is 2. The van der Waals surface area contributed by atoms with Gasteiger partial charge in [-0.05, 0) is 41.7 Å². The zero-order valence-electron chi connectivity index (χ0n) is 23.5. The van der Waals surface area contributed by atoms with Crippen LogP contribution in [0.15, 0.2) is 53.2 Å². The van der Waals surface area contributed by atoms with E-state index >= 15 is 0 Å². The van der Waals surface area contributed by atoms with E-state index in [0.29, 0.717) is 23.7 Å². The summed E-state index contributed by atoms with van der Waals surface area (Å²) in [5, 5.41) is 12.4. The Morgan fingerprint density at radius 3 is 1.46 bits per heavy atom. The second-order valence-corrected chi connectivity index (χ2v) is 10.1. The number of nitrogens with zero attached hydrogens (tertiary/aromatic N) is 3. The fraction of sp³-hybridized carbons (Fsp3) is 0.484. The van der Waals surface area contributed by atoms with Crippen molar-refractivity contribution >= 4 is 17.1 Å². The van der Waals surface area contributed by atoms with Crippen LogP contribution in [0, 0.1) is 11.3 Å². The third kappa shape index (κ3) is 9.67. The average Bonchev–Trinajstić information content (AvgIpc) is 2.73. The molecule has 2 aromatic carbocycles. The van der Waals surface area contributed by atoms with Crippen LogP contribution >= 0.6 is 0 Å². The number of aliphatic imine (C=N–C) groups is 1. The molecule has 0 fully saturated rings. The number of para-hydroxylation sites is 2. The maximum Gasteiger partial charge on any atom is 1.00 e. The van der Waals surface area contributed by atoms with Crippen LogP contribution in [0.5, 0.6) is 0 Å². The fourth-order valence-corrected chi connectivity index (χ4v) is 4.00. The van der Waals surface area contributed by atoms with Gasteiger partial charge in [-0.1, -0.05) is 116 Å². The molecule has 0 saturated heterocycles. The van der Waals surface area contributed by atoms with Gasteiger partial charge in [-0.15, -0.1) is 5.69 Å². The third-order valence-corrected chi connectivity index (χ3v) is 5.68. The minimum absolute atomic E-state index is 0. The van der Waals surface area contributed by atoms with Crippen LogP contribution in [0.4, 0.5) is 11.4 Å². The Hall–Kier alpha value is -2.34. The van der Waals surface area contributed by atoms with Crippen LogP contribution in [-0.2, 0) is 17.1 Å². The van der Waals surface area contributed by atoms with Crippen molar-refractivity contribution < 1.29 is 17.1 Å². The number of nitriles is 1. The number of hydrogen-bond donors (Lipinski definition) is 0. The Morgan fingerprint density at radius 1 is 0.771 bits per heavy atom. The maximum absolute atomic E-state index is 7.32. The molecular weight excluding hydrogens is 478 g/mol. The molecule has 0 aliphatic rings. The van der Waals surface area contributed by atoms with Crippen molar-refractivity contribution in [3.63, 3.8) is 0 Å². The van der Waals surface area contributed by atoms with Gasteiger partial charge in [0.15, 0.2) is 0 Å². The summed E-state index contributed by atoms with van der Waals surface area (Å²) >= 11 is 0. The smallest absolute Gasteiger partial charge is 0.661 e. The molecule has 2 aromatic rings. The van der Waals surface area contributed by atoms with Gasteiger partial charge >= 0.3 is 17.1 Å². The number of rotatable bonds is 8. The molecule has 0 aliphatic heterocycles. The van der Waals surface area contributed by atoms with Crippen molar-refractivity contribution in [2.45, 2.75) is 99.8 Å². The normalized spacial score (nSPS) is 11.8. The molecule has 2 rings (SSSR count). The van der Waals surface area contributed by atoms with E-state index in [0.717, 1.165) is 22.8 Å². The van der Waals surface area contributed by atoms with E-state index < -0.39 is 0 Å². The molecule has 194 valence electrons. The first-order valence-corrected chi connectivity index (χ1v) is 12.5. The topological polar surface area (TPSA) is 50.2 Å². The summed E-state index contributed by atoms with van der Waals surface area (Å²) in [6, 6.07) is 14.9. The predicted octanol–water partition coefficient (Wildman–Crippen LogP) is 10.4. The minimum atomic E-state index is 0. The van der Waals surface area contributed by atoms with Crippen molar-refractivity contribution in [3.05, 3.63) is 75.7 Å². The van der Waals surface area contributed by atoms with Crippen molar-refractivity contribution in [3.8, 4) is 6.07 Å². The van der Waals surface area contributed by atoms with Gasteiger partial charge in [-0.2, -0.15) is 11.0 Å². The Balaban J connectivity index is 0.00000274. The number of benzene rings is 2. The van der Waals surface area contributed by atoms with Crippen LogP contribution in [-0.4, -0.2) is 5.71 Å². The van der Waals surface area contributed by atoms with E-state index in [2.05, 4.69) is 112 Å². The van der Waals surface area contributed by atoms with Crippen molar-refractivity contribution in [1.29, 1.82) is 5.26 Å². The third-order valence-electron chi connectivity index (χ3n) is 5.68. The summed E-state index contributed by atoms with van der Waals surface area (Å²) in [5.41, 5.74) is 9.45. The van der Waals surface area contributed by atoms with Crippen molar-refractivity contribution in [2.75, 3.05) is 0 Å². The molecule has 0 atom stereocenters. The van der Waals surface area contributed by atoms with Gasteiger partial charge in [0.2, 0.25) is 0 Å². The molecular formula is C31H44CuN3. The zero-order chi connectivity index (χ0) is 26.0. The van der Waals surface area contributed by atoms with E-state index in [4.69, 9.17) is 15.6 Å². The van der Waals surface area contributed by atoms with Gasteiger partial charge in [-0.25, -0.2) is 0 Å². The second-order valence-electron chi connectivity index (χ2n) is 10.1. The second kappa shape index (κ2) is 15.6. The van der Waals surface area contributed by atoms with Crippen LogP contribution in [0.2, 0.25) is 0 Å². The first-order chi connectivity index (χ1) is 15.9. The first-order valence-electron chi connectivity index (χ1n) is 12.5. The SMILES string of the molecule is CC#N.CC(/C=C(/C)[N-]c1c(C(C)C)cccc1C(C)C)=Nc1c(C(C)C)cccc1C(C)C.[Cu+]. The van der Waals surface area contributed by atoms with E-state index in [1.165, 1.54) is 29.2 Å². The molecule has 0 N–H and O–H groups in total. The molecule has 0 radical (unpaired) electrons. The van der Waals surface area contributed by atoms with Crippen LogP contribution < -0.4 is 0 Å². The zero-order valence-corrected chi connectivity index (χ0v) is 24.4. The van der Waals surface area contributed by atoms with Crippen LogP contribution in [0.3, 0.4) is 0 Å². The van der Waals surface area contributed by atoms with E-state index in [-0.39, 0.29) is 17.1 Å². The molecule has 0 amide bonds. The van der Waals surface area contributed by atoms with Gasteiger partial charge in [0.05, 0.1) is 11.8 Å².